The molecule has 1 aromatic rings. The van der Waals surface area contributed by atoms with Crippen LogP contribution in [0, 0.1) is 5.92 Å². The average Bonchev–Trinajstić information content (AvgIpc) is 3.13. The zero-order valence-electron chi connectivity index (χ0n) is 12.9. The maximum atomic E-state index is 12.7. The molecular weight excluding hydrogens is 324 g/mol. The minimum atomic E-state index is -3.47. The molecule has 124 valence electrons. The fraction of sp³-hybridized carbons (Fsp3) is 0.643. The van der Waals surface area contributed by atoms with Gasteiger partial charge >= 0.3 is 0 Å². The van der Waals surface area contributed by atoms with Gasteiger partial charge in [-0.25, -0.2) is 8.42 Å². The molecule has 1 amide bonds. The molecular formula is C14H22N2O4S2. The van der Waals surface area contributed by atoms with Gasteiger partial charge in [0.05, 0.1) is 13.2 Å². The molecule has 1 unspecified atom stereocenters. The van der Waals surface area contributed by atoms with E-state index < -0.39 is 10.0 Å². The van der Waals surface area contributed by atoms with E-state index in [1.54, 1.807) is 12.1 Å². The van der Waals surface area contributed by atoms with E-state index in [-0.39, 0.29) is 11.8 Å². The van der Waals surface area contributed by atoms with Crippen LogP contribution in [0.15, 0.2) is 16.3 Å². The number of hydrogen-bond donors (Lipinski definition) is 1. The molecule has 8 heteroatoms. The predicted molar refractivity (Wildman–Crippen MR) is 85.2 cm³/mol. The second-order valence-electron chi connectivity index (χ2n) is 5.32. The SMILES string of the molecule is CCN(CC1CCOC1)S(=O)(=O)c1ccc(CNC(C)=O)s1. The molecule has 0 aliphatic carbocycles. The van der Waals surface area contributed by atoms with E-state index in [4.69, 9.17) is 4.74 Å². The molecule has 1 fully saturated rings. The largest absolute Gasteiger partial charge is 0.381 e. The van der Waals surface area contributed by atoms with Gasteiger partial charge in [0.25, 0.3) is 10.0 Å². The first kappa shape index (κ1) is 17.4. The van der Waals surface area contributed by atoms with E-state index in [0.717, 1.165) is 11.3 Å². The van der Waals surface area contributed by atoms with Crippen LogP contribution < -0.4 is 5.32 Å². The number of hydrogen-bond acceptors (Lipinski definition) is 5. The van der Waals surface area contributed by atoms with Crippen molar-refractivity contribution in [1.82, 2.24) is 9.62 Å². The number of carbonyl (C=O) groups excluding carboxylic acids is 1. The second-order valence-corrected chi connectivity index (χ2v) is 8.65. The summed E-state index contributed by atoms with van der Waals surface area (Å²) in [6, 6.07) is 3.37. The zero-order valence-corrected chi connectivity index (χ0v) is 14.5. The lowest BCUT2D eigenvalue weighted by Gasteiger charge is -2.22. The van der Waals surface area contributed by atoms with Gasteiger partial charge in [-0.3, -0.25) is 4.79 Å². The first-order chi connectivity index (χ1) is 10.4. The van der Waals surface area contributed by atoms with Crippen molar-refractivity contribution in [3.63, 3.8) is 0 Å². The highest BCUT2D eigenvalue weighted by Crippen LogP contribution is 2.26. The van der Waals surface area contributed by atoms with Gasteiger partial charge in [-0.05, 0) is 24.5 Å². The Morgan fingerprint density at radius 2 is 2.27 bits per heavy atom. The quantitative estimate of drug-likeness (QED) is 0.810. The molecule has 1 aromatic heterocycles. The molecule has 0 aromatic carbocycles. The van der Waals surface area contributed by atoms with Crippen molar-refractivity contribution in [2.45, 2.75) is 31.0 Å². The third-order valence-electron chi connectivity index (χ3n) is 3.58. The first-order valence-corrected chi connectivity index (χ1v) is 9.60. The van der Waals surface area contributed by atoms with Crippen LogP contribution in [0.25, 0.3) is 0 Å². The molecule has 2 rings (SSSR count). The molecule has 0 radical (unpaired) electrons. The Morgan fingerprint density at radius 3 is 2.86 bits per heavy atom. The summed E-state index contributed by atoms with van der Waals surface area (Å²) in [7, 11) is -3.47. The van der Waals surface area contributed by atoms with Crippen LogP contribution in [0.3, 0.4) is 0 Å². The van der Waals surface area contributed by atoms with Crippen LogP contribution in [-0.4, -0.2) is 44.9 Å². The number of nitrogens with zero attached hydrogens (tertiary/aromatic N) is 1. The summed E-state index contributed by atoms with van der Waals surface area (Å²) >= 11 is 1.21. The molecule has 0 bridgehead atoms. The first-order valence-electron chi connectivity index (χ1n) is 7.34. The number of rotatable bonds is 7. The number of carbonyl (C=O) groups is 1. The molecule has 1 saturated heterocycles. The minimum Gasteiger partial charge on any atom is -0.381 e. The van der Waals surface area contributed by atoms with Gasteiger partial charge in [0.15, 0.2) is 0 Å². The molecule has 0 spiro atoms. The summed E-state index contributed by atoms with van der Waals surface area (Å²) in [4.78, 5) is 11.8. The minimum absolute atomic E-state index is 0.130. The molecule has 1 aliphatic rings. The third-order valence-corrected chi connectivity index (χ3v) is 7.07. The number of sulfonamides is 1. The van der Waals surface area contributed by atoms with Crippen LogP contribution in [0.1, 0.15) is 25.1 Å². The Kier molecular flexibility index (Phi) is 5.96. The lowest BCUT2D eigenvalue weighted by molar-refractivity contribution is -0.119. The molecule has 6 nitrogen and oxygen atoms in total. The van der Waals surface area contributed by atoms with Crippen molar-refractivity contribution in [3.05, 3.63) is 17.0 Å². The number of nitrogens with one attached hydrogen (secondary N) is 1. The zero-order chi connectivity index (χ0) is 16.2. The van der Waals surface area contributed by atoms with Crippen molar-refractivity contribution < 1.29 is 17.9 Å². The van der Waals surface area contributed by atoms with Crippen LogP contribution in [0.4, 0.5) is 0 Å². The Balaban J connectivity index is 2.08. The van der Waals surface area contributed by atoms with Gasteiger partial charge in [-0.1, -0.05) is 6.92 Å². The smallest absolute Gasteiger partial charge is 0.252 e. The number of amides is 1. The lowest BCUT2D eigenvalue weighted by atomic mass is 10.1. The van der Waals surface area contributed by atoms with Gasteiger partial charge in [-0.2, -0.15) is 4.31 Å². The van der Waals surface area contributed by atoms with Crippen molar-refractivity contribution in [1.29, 1.82) is 0 Å². The molecule has 1 atom stereocenters. The summed E-state index contributed by atoms with van der Waals surface area (Å²) in [6.07, 6.45) is 0.907. The molecule has 2 heterocycles. The van der Waals surface area contributed by atoms with Gasteiger partial charge < -0.3 is 10.1 Å². The molecule has 0 saturated carbocycles. The highest BCUT2D eigenvalue weighted by molar-refractivity contribution is 7.91. The van der Waals surface area contributed by atoms with E-state index in [1.807, 2.05) is 6.92 Å². The summed E-state index contributed by atoms with van der Waals surface area (Å²) in [6.45, 7) is 5.92. The highest BCUT2D eigenvalue weighted by atomic mass is 32.2. The Hall–Kier alpha value is -0.960. The monoisotopic (exact) mass is 346 g/mol. The van der Waals surface area contributed by atoms with Gasteiger partial charge in [0.2, 0.25) is 5.91 Å². The van der Waals surface area contributed by atoms with E-state index >= 15 is 0 Å². The van der Waals surface area contributed by atoms with E-state index in [0.29, 0.717) is 37.1 Å². The maximum Gasteiger partial charge on any atom is 0.252 e. The maximum absolute atomic E-state index is 12.7. The second kappa shape index (κ2) is 7.54. The Labute approximate surface area is 135 Å². The van der Waals surface area contributed by atoms with Gasteiger partial charge in [0.1, 0.15) is 4.21 Å². The fourth-order valence-corrected chi connectivity index (χ4v) is 5.32. The van der Waals surface area contributed by atoms with Crippen molar-refractivity contribution in [2.75, 3.05) is 26.3 Å². The van der Waals surface area contributed by atoms with Crippen LogP contribution in [-0.2, 0) is 26.1 Å². The summed E-state index contributed by atoms with van der Waals surface area (Å²) in [5.74, 6) is 0.141. The van der Waals surface area contributed by atoms with E-state index in [2.05, 4.69) is 5.32 Å². The van der Waals surface area contributed by atoms with Crippen LogP contribution >= 0.6 is 11.3 Å². The number of thiophene rings is 1. The predicted octanol–water partition coefficient (Wildman–Crippen LogP) is 1.43. The standard InChI is InChI=1S/C14H22N2O4S2/c1-3-16(9-12-6-7-20-10-12)22(18,19)14-5-4-13(21-14)8-15-11(2)17/h4-5,12H,3,6-10H2,1-2H3,(H,15,17). The molecule has 1 N–H and O–H groups in total. The van der Waals surface area contributed by atoms with Crippen molar-refractivity contribution in [3.8, 4) is 0 Å². The average molecular weight is 346 g/mol. The molecule has 22 heavy (non-hydrogen) atoms. The normalized spacial score (nSPS) is 18.8. The van der Waals surface area contributed by atoms with Crippen LogP contribution in [0.5, 0.6) is 0 Å². The Morgan fingerprint density at radius 1 is 1.50 bits per heavy atom. The van der Waals surface area contributed by atoms with E-state index in [9.17, 15) is 13.2 Å². The summed E-state index contributed by atoms with van der Waals surface area (Å²) < 4.78 is 32.6. The van der Waals surface area contributed by atoms with Crippen molar-refractivity contribution in [2.24, 2.45) is 5.92 Å². The lowest BCUT2D eigenvalue weighted by Crippen LogP contribution is -2.35. The molecule has 1 aliphatic heterocycles. The topological polar surface area (TPSA) is 75.7 Å². The number of ether oxygens (including phenoxy) is 1. The highest BCUT2D eigenvalue weighted by Gasteiger charge is 2.28. The summed E-state index contributed by atoms with van der Waals surface area (Å²) in [5, 5.41) is 2.68. The van der Waals surface area contributed by atoms with Crippen LogP contribution in [0.2, 0.25) is 0 Å². The van der Waals surface area contributed by atoms with E-state index in [1.165, 1.54) is 22.6 Å². The Bertz CT molecular complexity index is 606. The third kappa shape index (κ3) is 4.28. The summed E-state index contributed by atoms with van der Waals surface area (Å²) in [5.41, 5.74) is 0. The van der Waals surface area contributed by atoms with Gasteiger partial charge in [0, 0.05) is 31.5 Å². The van der Waals surface area contributed by atoms with Crippen molar-refractivity contribution >= 4 is 27.3 Å². The van der Waals surface area contributed by atoms with Gasteiger partial charge in [-0.15, -0.1) is 11.3 Å². The fourth-order valence-electron chi connectivity index (χ4n) is 2.34.